The highest BCUT2D eigenvalue weighted by Crippen LogP contribution is 2.33. The standard InChI is InChI=1S/C9H22N2OSi/c1-5-11(6-2)9-7-8-13(9,10-3)12-4/h9-10H,5-8H2,1-4H3. The fourth-order valence-electron chi connectivity index (χ4n) is 2.31. The van der Waals surface area contributed by atoms with Gasteiger partial charge in [0.1, 0.15) is 0 Å². The Balaban J connectivity index is 2.59. The van der Waals surface area contributed by atoms with Gasteiger partial charge in [0.25, 0.3) is 8.48 Å². The van der Waals surface area contributed by atoms with Gasteiger partial charge in [0.2, 0.25) is 0 Å². The molecule has 0 amide bonds. The van der Waals surface area contributed by atoms with Gasteiger partial charge in [-0.15, -0.1) is 0 Å². The number of nitrogens with zero attached hydrogens (tertiary/aromatic N) is 1. The van der Waals surface area contributed by atoms with Crippen LogP contribution < -0.4 is 4.98 Å². The second-order valence-electron chi connectivity index (χ2n) is 3.62. The molecule has 0 aliphatic carbocycles. The maximum atomic E-state index is 5.71. The van der Waals surface area contributed by atoms with Crippen molar-refractivity contribution in [2.75, 3.05) is 27.2 Å². The number of rotatable bonds is 5. The Kier molecular flexibility index (Phi) is 3.91. The molecular weight excluding hydrogens is 180 g/mol. The van der Waals surface area contributed by atoms with Gasteiger partial charge >= 0.3 is 0 Å². The Bertz CT molecular complexity index is 152. The van der Waals surface area contributed by atoms with Gasteiger partial charge in [0, 0.05) is 12.8 Å². The molecule has 2 unspecified atom stereocenters. The first-order chi connectivity index (χ1) is 6.24. The molecule has 0 saturated carbocycles. The third-order valence-corrected chi connectivity index (χ3v) is 7.70. The molecule has 1 rings (SSSR count). The van der Waals surface area contributed by atoms with Crippen LogP contribution in [-0.2, 0) is 4.43 Å². The molecular formula is C9H22N2OSi. The molecule has 0 radical (unpaired) electrons. The summed E-state index contributed by atoms with van der Waals surface area (Å²) >= 11 is 0. The monoisotopic (exact) mass is 202 g/mol. The van der Waals surface area contributed by atoms with E-state index in [1.54, 1.807) is 0 Å². The Morgan fingerprint density at radius 3 is 2.31 bits per heavy atom. The van der Waals surface area contributed by atoms with E-state index in [9.17, 15) is 0 Å². The maximum Gasteiger partial charge on any atom is 0.285 e. The van der Waals surface area contributed by atoms with Crippen molar-refractivity contribution in [3.8, 4) is 0 Å². The van der Waals surface area contributed by atoms with Crippen LogP contribution in [0.2, 0.25) is 6.04 Å². The van der Waals surface area contributed by atoms with Gasteiger partial charge < -0.3 is 9.41 Å². The van der Waals surface area contributed by atoms with Gasteiger partial charge in [0.05, 0.1) is 0 Å². The molecule has 0 aromatic heterocycles. The zero-order valence-electron chi connectivity index (χ0n) is 9.26. The lowest BCUT2D eigenvalue weighted by atomic mass is 10.4. The SMILES string of the molecule is CCN(CC)C1CC[Si]1(NC)OC. The van der Waals surface area contributed by atoms with Gasteiger partial charge in [-0.05, 0) is 32.6 Å². The maximum absolute atomic E-state index is 5.71. The summed E-state index contributed by atoms with van der Waals surface area (Å²) in [6, 6.07) is 1.27. The molecule has 78 valence electrons. The van der Waals surface area contributed by atoms with Crippen molar-refractivity contribution in [1.29, 1.82) is 0 Å². The van der Waals surface area contributed by atoms with Crippen molar-refractivity contribution in [2.45, 2.75) is 32.0 Å². The van der Waals surface area contributed by atoms with Crippen molar-refractivity contribution in [3.05, 3.63) is 0 Å². The lowest BCUT2D eigenvalue weighted by Crippen LogP contribution is -2.72. The van der Waals surface area contributed by atoms with Crippen LogP contribution in [0.25, 0.3) is 0 Å². The normalized spacial score (nSPS) is 33.5. The summed E-state index contributed by atoms with van der Waals surface area (Å²) in [5, 5.41) is 0. The first-order valence-corrected chi connectivity index (χ1v) is 7.41. The Hall–Kier alpha value is 0.0969. The first kappa shape index (κ1) is 11.2. The van der Waals surface area contributed by atoms with Crippen LogP contribution in [0.15, 0.2) is 0 Å². The van der Waals surface area contributed by atoms with Gasteiger partial charge in [-0.25, -0.2) is 0 Å². The number of nitrogens with one attached hydrogen (secondary N) is 1. The molecule has 0 aromatic carbocycles. The number of hydrogen-bond acceptors (Lipinski definition) is 3. The summed E-state index contributed by atoms with van der Waals surface area (Å²) in [5.41, 5.74) is 0.692. The van der Waals surface area contributed by atoms with E-state index in [0.29, 0.717) is 5.67 Å². The minimum atomic E-state index is -1.55. The van der Waals surface area contributed by atoms with Crippen molar-refractivity contribution < 1.29 is 4.43 Å². The lowest BCUT2D eigenvalue weighted by molar-refractivity contribution is 0.194. The predicted octanol–water partition coefficient (Wildman–Crippen LogP) is 0.948. The highest BCUT2D eigenvalue weighted by Gasteiger charge is 2.52. The Labute approximate surface area is 82.7 Å². The summed E-state index contributed by atoms with van der Waals surface area (Å²) in [4.78, 5) is 5.96. The molecule has 13 heavy (non-hydrogen) atoms. The quantitative estimate of drug-likeness (QED) is 0.672. The van der Waals surface area contributed by atoms with E-state index < -0.39 is 8.48 Å². The van der Waals surface area contributed by atoms with Gasteiger partial charge in [-0.3, -0.25) is 4.90 Å². The predicted molar refractivity (Wildman–Crippen MR) is 58.0 cm³/mol. The van der Waals surface area contributed by atoms with E-state index in [-0.39, 0.29) is 0 Å². The first-order valence-electron chi connectivity index (χ1n) is 5.22. The fourth-order valence-corrected chi connectivity index (χ4v) is 5.60. The molecule has 3 nitrogen and oxygen atoms in total. The summed E-state index contributed by atoms with van der Waals surface area (Å²) in [5.74, 6) is 0. The average molecular weight is 202 g/mol. The topological polar surface area (TPSA) is 24.5 Å². The van der Waals surface area contributed by atoms with E-state index in [1.165, 1.54) is 12.5 Å². The third kappa shape index (κ3) is 1.81. The molecule has 0 bridgehead atoms. The molecule has 1 fully saturated rings. The summed E-state index contributed by atoms with van der Waals surface area (Å²) < 4.78 is 5.71. The van der Waals surface area contributed by atoms with Crippen LogP contribution in [0.5, 0.6) is 0 Å². The molecule has 2 atom stereocenters. The highest BCUT2D eigenvalue weighted by atomic mass is 28.4. The van der Waals surface area contributed by atoms with Crippen LogP contribution in [0.3, 0.4) is 0 Å². The van der Waals surface area contributed by atoms with Crippen molar-refractivity contribution in [2.24, 2.45) is 0 Å². The second kappa shape index (κ2) is 4.55. The molecule has 1 N–H and O–H groups in total. The lowest BCUT2D eigenvalue weighted by Gasteiger charge is -2.50. The molecule has 4 heteroatoms. The molecule has 1 aliphatic rings. The van der Waals surface area contributed by atoms with Crippen LogP contribution in [-0.4, -0.2) is 46.3 Å². The zero-order valence-corrected chi connectivity index (χ0v) is 10.3. The molecule has 1 heterocycles. The van der Waals surface area contributed by atoms with Crippen molar-refractivity contribution in [1.82, 2.24) is 9.88 Å². The minimum absolute atomic E-state index is 0.692. The van der Waals surface area contributed by atoms with Crippen molar-refractivity contribution in [3.63, 3.8) is 0 Å². The number of hydrogen-bond donors (Lipinski definition) is 1. The van der Waals surface area contributed by atoms with Gasteiger partial charge in [-0.2, -0.15) is 0 Å². The largest absolute Gasteiger partial charge is 0.405 e. The Morgan fingerprint density at radius 1 is 1.46 bits per heavy atom. The van der Waals surface area contributed by atoms with E-state index >= 15 is 0 Å². The summed E-state index contributed by atoms with van der Waals surface area (Å²) in [6.07, 6.45) is 1.31. The highest BCUT2D eigenvalue weighted by molar-refractivity contribution is 6.75. The zero-order chi connectivity index (χ0) is 9.90. The van der Waals surface area contributed by atoms with Gasteiger partial charge in [0.15, 0.2) is 0 Å². The second-order valence-corrected chi connectivity index (χ2v) is 7.47. The van der Waals surface area contributed by atoms with Crippen LogP contribution >= 0.6 is 0 Å². The van der Waals surface area contributed by atoms with E-state index in [4.69, 9.17) is 4.43 Å². The van der Waals surface area contributed by atoms with E-state index in [1.807, 2.05) is 14.2 Å². The molecule has 0 aromatic rings. The van der Waals surface area contributed by atoms with Crippen LogP contribution in [0.1, 0.15) is 20.3 Å². The van der Waals surface area contributed by atoms with E-state index in [0.717, 1.165) is 13.1 Å². The summed E-state index contributed by atoms with van der Waals surface area (Å²) in [6.45, 7) is 6.74. The fraction of sp³-hybridized carbons (Fsp3) is 1.00. The minimum Gasteiger partial charge on any atom is -0.405 e. The van der Waals surface area contributed by atoms with Crippen LogP contribution in [0.4, 0.5) is 0 Å². The smallest absolute Gasteiger partial charge is 0.285 e. The van der Waals surface area contributed by atoms with Crippen LogP contribution in [0, 0.1) is 0 Å². The average Bonchev–Trinajstić information content (AvgIpc) is 2.14. The Morgan fingerprint density at radius 2 is 2.08 bits per heavy atom. The van der Waals surface area contributed by atoms with Crippen molar-refractivity contribution >= 4 is 8.48 Å². The third-order valence-electron chi connectivity index (χ3n) is 3.37. The molecule has 1 saturated heterocycles. The summed E-state index contributed by atoms with van der Waals surface area (Å²) in [7, 11) is 2.36. The van der Waals surface area contributed by atoms with E-state index in [2.05, 4.69) is 23.7 Å². The molecule has 0 spiro atoms. The van der Waals surface area contributed by atoms with Gasteiger partial charge in [-0.1, -0.05) is 13.8 Å². The molecule has 1 aliphatic heterocycles.